The van der Waals surface area contributed by atoms with E-state index in [9.17, 15) is 12.8 Å². The highest BCUT2D eigenvalue weighted by molar-refractivity contribution is 9.11. The van der Waals surface area contributed by atoms with Crippen molar-refractivity contribution in [3.63, 3.8) is 0 Å². The van der Waals surface area contributed by atoms with Gasteiger partial charge in [0, 0.05) is 23.3 Å². The third kappa shape index (κ3) is 2.93. The van der Waals surface area contributed by atoms with Crippen molar-refractivity contribution in [1.29, 1.82) is 0 Å². The number of allylic oxidation sites excluding steroid dienone is 3. The highest BCUT2D eigenvalue weighted by Crippen LogP contribution is 2.37. The second-order valence-corrected chi connectivity index (χ2v) is 7.16. The van der Waals surface area contributed by atoms with Gasteiger partial charge in [-0.1, -0.05) is 6.08 Å². The summed E-state index contributed by atoms with van der Waals surface area (Å²) in [6, 6.07) is 3.37. The van der Waals surface area contributed by atoms with E-state index < -0.39 is 20.6 Å². The van der Waals surface area contributed by atoms with Gasteiger partial charge in [0.15, 0.2) is 0 Å². The van der Waals surface area contributed by atoms with Crippen LogP contribution in [0.5, 0.6) is 0 Å². The predicted molar refractivity (Wildman–Crippen MR) is 74.6 cm³/mol. The highest BCUT2D eigenvalue weighted by Gasteiger charge is 2.42. The Labute approximate surface area is 119 Å². The molecule has 0 aliphatic heterocycles. The van der Waals surface area contributed by atoms with E-state index in [0.717, 1.165) is 5.56 Å². The zero-order chi connectivity index (χ0) is 14.1. The Morgan fingerprint density at radius 2 is 2.05 bits per heavy atom. The summed E-state index contributed by atoms with van der Waals surface area (Å²) in [7, 11) is -3.94. The quantitative estimate of drug-likeness (QED) is 0.911. The summed E-state index contributed by atoms with van der Waals surface area (Å²) >= 11 is 3.03. The number of halogens is 2. The fourth-order valence-corrected chi connectivity index (χ4v) is 3.21. The Morgan fingerprint density at radius 3 is 2.58 bits per heavy atom. The molecule has 2 N–H and O–H groups in total. The molecule has 4 nitrogen and oxygen atoms in total. The molecule has 1 unspecified atom stereocenters. The third-order valence-corrected chi connectivity index (χ3v) is 5.32. The van der Waals surface area contributed by atoms with Gasteiger partial charge in [-0.05, 0) is 46.1 Å². The topological polar surface area (TPSA) is 73.1 Å². The van der Waals surface area contributed by atoms with Gasteiger partial charge in [0.25, 0.3) is 0 Å². The highest BCUT2D eigenvalue weighted by atomic mass is 79.9. The molecule has 2 rings (SSSR count). The summed E-state index contributed by atoms with van der Waals surface area (Å²) in [6.45, 7) is 0. The molecule has 0 radical (unpaired) electrons. The van der Waals surface area contributed by atoms with Crippen molar-refractivity contribution in [2.45, 2.75) is 17.6 Å². The number of nitrogens with two attached hydrogens (primary N) is 1. The lowest BCUT2D eigenvalue weighted by Crippen LogP contribution is -2.44. The molecule has 0 saturated carbocycles. The van der Waals surface area contributed by atoms with Crippen LogP contribution in [0.4, 0.5) is 4.39 Å². The van der Waals surface area contributed by atoms with Crippen molar-refractivity contribution in [2.75, 3.05) is 0 Å². The van der Waals surface area contributed by atoms with Crippen LogP contribution in [0.15, 0.2) is 47.0 Å². The fraction of sp³-hybridized carbons (Fsp3) is 0.250. The molecule has 1 heterocycles. The van der Waals surface area contributed by atoms with E-state index in [0.29, 0.717) is 0 Å². The number of pyridine rings is 1. The lowest BCUT2D eigenvalue weighted by atomic mass is 9.92. The summed E-state index contributed by atoms with van der Waals surface area (Å²) in [5.74, 6) is -0.523. The minimum absolute atomic E-state index is 0.110. The van der Waals surface area contributed by atoms with Gasteiger partial charge >= 0.3 is 0 Å². The number of primary sulfonamides is 1. The standard InChI is InChI=1S/C12H12BrFN2O2S/c13-10-1-4-12(8-11(10)14,19(15,17)18)7-9-2-5-16-6-3-9/h1-6H,7-8H2,(H2,15,17,18). The molecule has 0 spiro atoms. The van der Waals surface area contributed by atoms with E-state index in [2.05, 4.69) is 20.9 Å². The molecule has 0 bridgehead atoms. The smallest absolute Gasteiger partial charge is 0.219 e. The van der Waals surface area contributed by atoms with Gasteiger partial charge in [-0.25, -0.2) is 17.9 Å². The molecule has 0 amide bonds. The van der Waals surface area contributed by atoms with Crippen molar-refractivity contribution in [1.82, 2.24) is 4.98 Å². The normalized spacial score (nSPS) is 23.7. The molecule has 1 aliphatic carbocycles. The van der Waals surface area contributed by atoms with Crippen LogP contribution in [0.25, 0.3) is 0 Å². The molecule has 102 valence electrons. The minimum atomic E-state index is -3.94. The lowest BCUT2D eigenvalue weighted by Gasteiger charge is -2.30. The zero-order valence-corrected chi connectivity index (χ0v) is 12.3. The van der Waals surface area contributed by atoms with E-state index in [1.807, 2.05) is 0 Å². The fourth-order valence-electron chi connectivity index (χ4n) is 1.99. The average Bonchev–Trinajstić information content (AvgIpc) is 2.34. The van der Waals surface area contributed by atoms with Crippen LogP contribution in [0, 0.1) is 0 Å². The molecule has 1 aromatic rings. The van der Waals surface area contributed by atoms with Gasteiger partial charge < -0.3 is 0 Å². The van der Waals surface area contributed by atoms with Gasteiger partial charge in [0.1, 0.15) is 10.6 Å². The predicted octanol–water partition coefficient (Wildman–Crippen LogP) is 2.19. The SMILES string of the molecule is NS(=O)(=O)C1(Cc2ccncc2)C=CC(Br)=C(F)C1. The molecule has 0 saturated heterocycles. The first-order valence-electron chi connectivity index (χ1n) is 5.49. The van der Waals surface area contributed by atoms with Crippen molar-refractivity contribution in [2.24, 2.45) is 5.14 Å². The van der Waals surface area contributed by atoms with Crippen molar-refractivity contribution in [3.05, 3.63) is 52.6 Å². The second-order valence-electron chi connectivity index (χ2n) is 4.40. The number of hydrogen-bond donors (Lipinski definition) is 1. The summed E-state index contributed by atoms with van der Waals surface area (Å²) in [5, 5.41) is 5.30. The molecular formula is C12H12BrFN2O2S. The van der Waals surface area contributed by atoms with Crippen molar-refractivity contribution in [3.8, 4) is 0 Å². The molecule has 1 aromatic heterocycles. The maximum absolute atomic E-state index is 13.8. The number of sulfonamides is 1. The van der Waals surface area contributed by atoms with Gasteiger partial charge in [-0.3, -0.25) is 4.98 Å². The summed E-state index contributed by atoms with van der Waals surface area (Å²) < 4.78 is 36.3. The van der Waals surface area contributed by atoms with Gasteiger partial charge in [0.2, 0.25) is 10.0 Å². The number of nitrogens with zero attached hydrogens (tertiary/aromatic N) is 1. The monoisotopic (exact) mass is 346 g/mol. The van der Waals surface area contributed by atoms with Gasteiger partial charge in [-0.15, -0.1) is 0 Å². The Balaban J connectivity index is 2.43. The van der Waals surface area contributed by atoms with Crippen LogP contribution >= 0.6 is 15.9 Å². The molecular weight excluding hydrogens is 335 g/mol. The summed E-state index contributed by atoms with van der Waals surface area (Å²) in [5.41, 5.74) is 0.736. The van der Waals surface area contributed by atoms with E-state index in [4.69, 9.17) is 5.14 Å². The Hall–Kier alpha value is -1.05. The van der Waals surface area contributed by atoms with E-state index in [1.165, 1.54) is 12.2 Å². The number of aromatic nitrogens is 1. The maximum Gasteiger partial charge on any atom is 0.219 e. The first-order chi connectivity index (χ1) is 8.84. The first kappa shape index (κ1) is 14.4. The Morgan fingerprint density at radius 1 is 1.42 bits per heavy atom. The molecule has 0 aromatic carbocycles. The van der Waals surface area contributed by atoms with Gasteiger partial charge in [0.05, 0.1) is 0 Å². The molecule has 0 fully saturated rings. The van der Waals surface area contributed by atoms with Crippen LogP contribution in [0.1, 0.15) is 12.0 Å². The summed E-state index contributed by atoms with van der Waals surface area (Å²) in [4.78, 5) is 3.86. The summed E-state index contributed by atoms with van der Waals surface area (Å²) in [6.07, 6.45) is 5.78. The lowest BCUT2D eigenvalue weighted by molar-refractivity contribution is 0.496. The van der Waals surface area contributed by atoms with E-state index in [1.54, 1.807) is 24.5 Å². The molecule has 7 heteroatoms. The Kier molecular flexibility index (Phi) is 3.89. The van der Waals surface area contributed by atoms with Gasteiger partial charge in [-0.2, -0.15) is 0 Å². The number of rotatable bonds is 3. The van der Waals surface area contributed by atoms with Crippen molar-refractivity contribution >= 4 is 26.0 Å². The average molecular weight is 347 g/mol. The van der Waals surface area contributed by atoms with E-state index in [-0.39, 0.29) is 17.3 Å². The van der Waals surface area contributed by atoms with Crippen LogP contribution in [-0.4, -0.2) is 18.1 Å². The first-order valence-corrected chi connectivity index (χ1v) is 7.83. The molecule has 1 aliphatic rings. The van der Waals surface area contributed by atoms with Crippen LogP contribution in [0.3, 0.4) is 0 Å². The van der Waals surface area contributed by atoms with Crippen LogP contribution in [0.2, 0.25) is 0 Å². The van der Waals surface area contributed by atoms with Crippen molar-refractivity contribution < 1.29 is 12.8 Å². The zero-order valence-electron chi connectivity index (χ0n) is 9.88. The third-order valence-electron chi connectivity index (χ3n) is 3.07. The second kappa shape index (κ2) is 5.15. The van der Waals surface area contributed by atoms with Crippen LogP contribution in [-0.2, 0) is 16.4 Å². The number of hydrogen-bond acceptors (Lipinski definition) is 3. The van der Waals surface area contributed by atoms with Crippen LogP contribution < -0.4 is 5.14 Å². The Bertz CT molecular complexity index is 643. The minimum Gasteiger partial charge on any atom is -0.265 e. The van der Waals surface area contributed by atoms with E-state index >= 15 is 0 Å². The molecule has 1 atom stereocenters. The molecule has 19 heavy (non-hydrogen) atoms. The largest absolute Gasteiger partial charge is 0.265 e. The maximum atomic E-state index is 13.8.